The molecule has 0 bridgehead atoms. The molecule has 11 aromatic rings. The maximum absolute atomic E-state index is 12.4. The van der Waals surface area contributed by atoms with Crippen molar-refractivity contribution in [2.45, 2.75) is 52.4 Å². The van der Waals surface area contributed by atoms with Gasteiger partial charge in [-0.25, -0.2) is 4.98 Å². The Balaban J connectivity index is 0.00000539. The predicted octanol–water partition coefficient (Wildman–Crippen LogP) is 16.0. The third-order valence-corrected chi connectivity index (χ3v) is 13.1. The van der Waals surface area contributed by atoms with Crippen LogP contribution in [0, 0.1) is 6.07 Å². The van der Waals surface area contributed by atoms with Crippen molar-refractivity contribution in [2.24, 2.45) is 0 Å². The Morgan fingerprint density at radius 3 is 1.87 bits per heavy atom. The fourth-order valence-corrected chi connectivity index (χ4v) is 9.52. The van der Waals surface area contributed by atoms with Crippen LogP contribution in [0.25, 0.3) is 100 Å². The molecule has 11 rings (SSSR count). The first-order chi connectivity index (χ1) is 32.4. The van der Waals surface area contributed by atoms with E-state index in [0.717, 1.165) is 88.9 Å². The molecule has 0 unspecified atom stereocenters. The van der Waals surface area contributed by atoms with E-state index in [1.54, 1.807) is 0 Å². The van der Waals surface area contributed by atoms with Crippen LogP contribution in [0.3, 0.4) is 0 Å². The van der Waals surface area contributed by atoms with Gasteiger partial charge in [-0.1, -0.05) is 180 Å². The maximum atomic E-state index is 12.4. The van der Waals surface area contributed by atoms with Crippen molar-refractivity contribution in [1.29, 1.82) is 0 Å². The van der Waals surface area contributed by atoms with E-state index in [1.165, 1.54) is 11.1 Å². The first-order valence-corrected chi connectivity index (χ1v) is 23.0. The minimum Gasteiger partial charge on any atom is -0.507 e. The van der Waals surface area contributed by atoms with Crippen LogP contribution >= 0.6 is 0 Å². The van der Waals surface area contributed by atoms with E-state index in [9.17, 15) is 5.11 Å². The van der Waals surface area contributed by atoms with Gasteiger partial charge in [0.1, 0.15) is 11.6 Å². The van der Waals surface area contributed by atoms with E-state index in [1.807, 2.05) is 36.5 Å². The van der Waals surface area contributed by atoms with Gasteiger partial charge < -0.3 is 9.67 Å². The molecular weight excluding hydrogens is 1010 g/mol. The molecule has 0 fully saturated rings. The quantitative estimate of drug-likeness (QED) is 0.162. The van der Waals surface area contributed by atoms with E-state index >= 15 is 0 Å². The van der Waals surface area contributed by atoms with E-state index in [4.69, 9.17) is 9.97 Å². The molecule has 0 aliphatic heterocycles. The van der Waals surface area contributed by atoms with Gasteiger partial charge in [-0.2, -0.15) is 0 Å². The van der Waals surface area contributed by atoms with Gasteiger partial charge in [0.2, 0.25) is 0 Å². The van der Waals surface area contributed by atoms with Crippen molar-refractivity contribution in [3.05, 3.63) is 211 Å². The molecule has 0 radical (unpaired) electrons. The van der Waals surface area contributed by atoms with Gasteiger partial charge in [0.15, 0.2) is 0 Å². The zero-order valence-corrected chi connectivity index (χ0v) is 41.3. The second-order valence-corrected chi connectivity index (χ2v) is 19.6. The topological polar surface area (TPSA) is 55.9 Å². The summed E-state index contributed by atoms with van der Waals surface area (Å²) in [5, 5.41) is 14.5. The van der Waals surface area contributed by atoms with Crippen LogP contribution < -0.4 is 0 Å². The fraction of sp³-hybridized carbons (Fsp3) is 0.129. The number of aromatic hydroxyl groups is 1. The van der Waals surface area contributed by atoms with Crippen LogP contribution in [-0.2, 0) is 31.9 Å². The number of para-hydroxylation sites is 4. The Labute approximate surface area is 412 Å². The van der Waals surface area contributed by atoms with E-state index < -0.39 is 0 Å². The van der Waals surface area contributed by atoms with E-state index in [2.05, 4.69) is 214 Å². The number of imidazole rings is 1. The molecule has 6 heteroatoms. The smallest absolute Gasteiger partial charge is 0.148 e. The SMILES string of the molecule is CC(C)(C)c1ccc(-c2ccnc(-c3[c-]c(-c4cccc5c4nc(-c4cc6c7ccccc7n(-c7ccccc7)c6cc4O)n5-c4ccccc4-c4ccccc4)cc(C(C)(C)C)c3)c2)cc1.[Pt]. The molecule has 0 aliphatic rings. The second kappa shape index (κ2) is 17.4. The van der Waals surface area contributed by atoms with E-state index in [0.29, 0.717) is 11.4 Å². The molecule has 0 saturated heterocycles. The Morgan fingerprint density at radius 1 is 0.471 bits per heavy atom. The van der Waals surface area contributed by atoms with Crippen molar-refractivity contribution >= 4 is 32.8 Å². The molecule has 0 atom stereocenters. The summed E-state index contributed by atoms with van der Waals surface area (Å²) in [7, 11) is 0. The van der Waals surface area contributed by atoms with Crippen molar-refractivity contribution in [3.63, 3.8) is 0 Å². The largest absolute Gasteiger partial charge is 0.507 e. The van der Waals surface area contributed by atoms with Crippen molar-refractivity contribution in [1.82, 2.24) is 19.1 Å². The van der Waals surface area contributed by atoms with Gasteiger partial charge in [0.25, 0.3) is 0 Å². The van der Waals surface area contributed by atoms with Gasteiger partial charge in [0.05, 0.1) is 33.3 Å². The van der Waals surface area contributed by atoms with Gasteiger partial charge in [-0.3, -0.25) is 9.55 Å². The number of fused-ring (bicyclic) bond motifs is 4. The Morgan fingerprint density at radius 2 is 1.12 bits per heavy atom. The summed E-state index contributed by atoms with van der Waals surface area (Å²) >= 11 is 0. The molecule has 0 saturated carbocycles. The van der Waals surface area contributed by atoms with Gasteiger partial charge in [0, 0.05) is 61.0 Å². The molecule has 3 heterocycles. The zero-order chi connectivity index (χ0) is 46.0. The average molecular weight is 1060 g/mol. The van der Waals surface area contributed by atoms with Crippen LogP contribution in [0.2, 0.25) is 0 Å². The van der Waals surface area contributed by atoms with Crippen LogP contribution in [0.5, 0.6) is 5.75 Å². The Hall–Kier alpha value is -7.33. The van der Waals surface area contributed by atoms with E-state index in [-0.39, 0.29) is 37.6 Å². The number of phenolic OH excluding ortho intramolecular Hbond substituents is 1. The Bertz CT molecular complexity index is 3650. The zero-order valence-electron chi connectivity index (χ0n) is 39.0. The van der Waals surface area contributed by atoms with Crippen molar-refractivity contribution in [2.75, 3.05) is 0 Å². The number of nitrogens with zero attached hydrogens (tertiary/aromatic N) is 4. The van der Waals surface area contributed by atoms with Gasteiger partial charge in [-0.05, 0) is 75.5 Å². The minimum atomic E-state index is -0.174. The molecular formula is C62H51N4OPt-. The number of hydrogen-bond donors (Lipinski definition) is 1. The van der Waals surface area contributed by atoms with Crippen LogP contribution in [0.1, 0.15) is 52.7 Å². The fourth-order valence-electron chi connectivity index (χ4n) is 9.52. The molecule has 1 N–H and O–H groups in total. The summed E-state index contributed by atoms with van der Waals surface area (Å²) in [6.45, 7) is 13.5. The first-order valence-electron chi connectivity index (χ1n) is 23.0. The number of pyridine rings is 1. The average Bonchev–Trinajstić information content (AvgIpc) is 3.89. The van der Waals surface area contributed by atoms with Crippen LogP contribution in [-0.4, -0.2) is 24.2 Å². The first kappa shape index (κ1) is 44.5. The van der Waals surface area contributed by atoms with Crippen LogP contribution in [0.4, 0.5) is 0 Å². The Kier molecular flexibility index (Phi) is 11.4. The number of rotatable bonds is 7. The molecule has 0 aliphatic carbocycles. The summed E-state index contributed by atoms with van der Waals surface area (Å²) in [6, 6.07) is 69.6. The molecule has 68 heavy (non-hydrogen) atoms. The predicted molar refractivity (Wildman–Crippen MR) is 278 cm³/mol. The molecule has 0 spiro atoms. The maximum Gasteiger partial charge on any atom is 0.148 e. The number of hydrogen-bond acceptors (Lipinski definition) is 3. The summed E-state index contributed by atoms with van der Waals surface area (Å²) in [5.74, 6) is 0.784. The number of phenols is 1. The normalized spacial score (nSPS) is 11.9. The standard InChI is InChI=1S/C62H51N4O.Pt/c1-61(2,3)45-30-28-40(29-31-45)42-32-33-63-53(37-42)44-34-43(35-46(36-44)62(4,5)6)49-24-17-27-56-59(49)64-60(66(56)54-25-15-13-22-48(54)41-18-9-7-10-19-41)52-38-51-50-23-14-16-26-55(50)65(57(51)39-58(52)67)47-20-11-8-12-21-47;/h7-33,35-39,67H,1-6H3;/q-1;. The van der Waals surface area contributed by atoms with Crippen molar-refractivity contribution < 1.29 is 26.2 Å². The van der Waals surface area contributed by atoms with Crippen molar-refractivity contribution in [3.8, 4) is 73.2 Å². The van der Waals surface area contributed by atoms with Gasteiger partial charge >= 0.3 is 0 Å². The van der Waals surface area contributed by atoms with Gasteiger partial charge in [-0.15, -0.1) is 29.3 Å². The summed E-state index contributed by atoms with van der Waals surface area (Å²) in [6.07, 6.45) is 1.90. The van der Waals surface area contributed by atoms with Crippen LogP contribution in [0.15, 0.2) is 194 Å². The summed E-state index contributed by atoms with van der Waals surface area (Å²) in [4.78, 5) is 10.6. The minimum absolute atomic E-state index is 0. The molecule has 0 amide bonds. The third kappa shape index (κ3) is 7.95. The third-order valence-electron chi connectivity index (χ3n) is 13.1. The molecule has 5 nitrogen and oxygen atoms in total. The number of aromatic nitrogens is 4. The molecule has 8 aromatic carbocycles. The molecule has 336 valence electrons. The summed E-state index contributed by atoms with van der Waals surface area (Å²) in [5.41, 5.74) is 16.7. The monoisotopic (exact) mass is 1060 g/mol. The second-order valence-electron chi connectivity index (χ2n) is 19.6. The number of benzene rings is 8. The molecule has 3 aromatic heterocycles. The summed E-state index contributed by atoms with van der Waals surface area (Å²) < 4.78 is 4.45.